The first kappa shape index (κ1) is 12.7. The number of nitrogens with one attached hydrogen (secondary N) is 2. The van der Waals surface area contributed by atoms with Gasteiger partial charge in [-0.2, -0.15) is 4.99 Å². The van der Waals surface area contributed by atoms with Crippen molar-refractivity contribution in [3.05, 3.63) is 53.3 Å². The monoisotopic (exact) mass is 281 g/mol. The summed E-state index contributed by atoms with van der Waals surface area (Å²) in [4.78, 5) is 6.69. The molecule has 0 unspecified atom stereocenters. The minimum absolute atomic E-state index is 0.149. The molecule has 0 atom stereocenters. The molecule has 0 saturated heterocycles. The van der Waals surface area contributed by atoms with Crippen molar-refractivity contribution in [1.29, 1.82) is 5.41 Å². The molecule has 2 aromatic rings. The van der Waals surface area contributed by atoms with Crippen LogP contribution in [0, 0.1) is 5.41 Å². The second-order valence-electron chi connectivity index (χ2n) is 3.32. The van der Waals surface area contributed by atoms with Crippen LogP contribution in [0.4, 0.5) is 0 Å². The SMILES string of the molecule is N=C(Cl)/N=C(/Oc1ccccc1)c1[nH]ccc1Cl. The first-order valence-electron chi connectivity index (χ1n) is 5.05. The van der Waals surface area contributed by atoms with Crippen molar-refractivity contribution in [3.63, 3.8) is 0 Å². The van der Waals surface area contributed by atoms with Gasteiger partial charge in [-0.1, -0.05) is 29.8 Å². The lowest BCUT2D eigenvalue weighted by Crippen LogP contribution is -2.12. The zero-order valence-corrected chi connectivity index (χ0v) is 10.7. The summed E-state index contributed by atoms with van der Waals surface area (Å²) < 4.78 is 5.56. The molecule has 0 aliphatic heterocycles. The molecule has 92 valence electrons. The lowest BCUT2D eigenvalue weighted by molar-refractivity contribution is 0.552. The molecule has 0 aliphatic rings. The number of ether oxygens (including phenoxy) is 1. The zero-order chi connectivity index (χ0) is 13.0. The van der Waals surface area contributed by atoms with Crippen LogP contribution in [0.15, 0.2) is 47.6 Å². The second-order valence-corrected chi connectivity index (χ2v) is 4.09. The predicted molar refractivity (Wildman–Crippen MR) is 73.0 cm³/mol. The van der Waals surface area contributed by atoms with Gasteiger partial charge in [0.25, 0.3) is 0 Å². The van der Waals surface area contributed by atoms with Crippen molar-refractivity contribution in [2.24, 2.45) is 4.99 Å². The first-order chi connectivity index (χ1) is 8.66. The molecule has 2 N–H and O–H groups in total. The number of nitrogens with zero attached hydrogens (tertiary/aromatic N) is 1. The lowest BCUT2D eigenvalue weighted by atomic mass is 10.3. The van der Waals surface area contributed by atoms with Crippen LogP contribution in [-0.2, 0) is 0 Å². The summed E-state index contributed by atoms with van der Waals surface area (Å²) in [5, 5.41) is 7.27. The molecule has 0 spiro atoms. The fourth-order valence-corrected chi connectivity index (χ4v) is 1.61. The number of halogens is 2. The molecule has 4 nitrogen and oxygen atoms in total. The van der Waals surface area contributed by atoms with Crippen LogP contribution in [0.3, 0.4) is 0 Å². The normalized spacial score (nSPS) is 11.3. The van der Waals surface area contributed by atoms with Crippen LogP contribution < -0.4 is 4.74 Å². The maximum absolute atomic E-state index is 7.20. The molecular formula is C12H9Cl2N3O. The van der Waals surface area contributed by atoms with Crippen LogP contribution >= 0.6 is 23.2 Å². The Morgan fingerprint density at radius 1 is 1.22 bits per heavy atom. The average molecular weight is 282 g/mol. The third-order valence-corrected chi connectivity index (χ3v) is 2.47. The summed E-state index contributed by atoms with van der Waals surface area (Å²) in [7, 11) is 0. The predicted octanol–water partition coefficient (Wildman–Crippen LogP) is 3.67. The summed E-state index contributed by atoms with van der Waals surface area (Å²) in [5.41, 5.74) is 0.478. The highest BCUT2D eigenvalue weighted by Crippen LogP contribution is 2.18. The van der Waals surface area contributed by atoms with E-state index in [0.29, 0.717) is 16.5 Å². The molecule has 0 fully saturated rings. The maximum atomic E-state index is 7.20. The molecular weight excluding hydrogens is 273 g/mol. The number of benzene rings is 1. The molecule has 0 radical (unpaired) electrons. The fraction of sp³-hybridized carbons (Fsp3) is 0. The van der Waals surface area contributed by atoms with Crippen molar-refractivity contribution >= 4 is 34.4 Å². The van der Waals surface area contributed by atoms with Gasteiger partial charge in [0.2, 0.25) is 11.2 Å². The summed E-state index contributed by atoms with van der Waals surface area (Å²) in [6.07, 6.45) is 1.65. The van der Waals surface area contributed by atoms with Crippen LogP contribution in [0.25, 0.3) is 0 Å². The summed E-state index contributed by atoms with van der Waals surface area (Å²) in [5.74, 6) is 0.732. The fourth-order valence-electron chi connectivity index (χ4n) is 1.33. The summed E-state index contributed by atoms with van der Waals surface area (Å²) in [6.45, 7) is 0. The topological polar surface area (TPSA) is 61.2 Å². The molecule has 0 saturated carbocycles. The maximum Gasteiger partial charge on any atom is 0.247 e. The Balaban J connectivity index is 2.33. The molecule has 18 heavy (non-hydrogen) atoms. The van der Waals surface area contributed by atoms with Gasteiger partial charge in [-0.3, -0.25) is 5.41 Å². The standard InChI is InChI=1S/C12H9Cl2N3O/c13-9-6-7-16-10(9)11(17-12(14)15)18-8-4-2-1-3-5-8/h1-7,15-16H/b15-12?,17-11+. The highest BCUT2D eigenvalue weighted by atomic mass is 35.5. The molecule has 2 rings (SSSR count). The van der Waals surface area contributed by atoms with Crippen molar-refractivity contribution in [1.82, 2.24) is 4.98 Å². The third kappa shape index (κ3) is 3.12. The van der Waals surface area contributed by atoms with Crippen molar-refractivity contribution in [2.45, 2.75) is 0 Å². The van der Waals surface area contributed by atoms with Crippen LogP contribution in [0.5, 0.6) is 5.75 Å². The van der Waals surface area contributed by atoms with Crippen molar-refractivity contribution < 1.29 is 4.74 Å². The molecule has 6 heteroatoms. The number of hydrogen-bond acceptors (Lipinski definition) is 2. The second kappa shape index (κ2) is 5.71. The van der Waals surface area contributed by atoms with E-state index in [0.717, 1.165) is 0 Å². The number of aromatic amines is 1. The smallest absolute Gasteiger partial charge is 0.247 e. The van der Waals surface area contributed by atoms with Crippen LogP contribution in [-0.4, -0.2) is 16.2 Å². The van der Waals surface area contributed by atoms with Gasteiger partial charge in [-0.25, -0.2) is 0 Å². The van der Waals surface area contributed by atoms with E-state index in [9.17, 15) is 0 Å². The van der Waals surface area contributed by atoms with Gasteiger partial charge in [-0.15, -0.1) is 0 Å². The van der Waals surface area contributed by atoms with E-state index in [4.69, 9.17) is 33.3 Å². The van der Waals surface area contributed by atoms with E-state index in [-0.39, 0.29) is 11.2 Å². The van der Waals surface area contributed by atoms with E-state index in [1.807, 2.05) is 18.2 Å². The molecule has 1 aromatic heterocycles. The zero-order valence-electron chi connectivity index (χ0n) is 9.15. The molecule has 0 amide bonds. The van der Waals surface area contributed by atoms with Gasteiger partial charge in [0.15, 0.2) is 0 Å². The van der Waals surface area contributed by atoms with Crippen molar-refractivity contribution in [2.75, 3.05) is 0 Å². The molecule has 1 aromatic carbocycles. The number of aliphatic imine (C=N–C) groups is 1. The van der Waals surface area contributed by atoms with E-state index in [1.165, 1.54) is 0 Å². The molecule has 0 aliphatic carbocycles. The van der Waals surface area contributed by atoms with Crippen LogP contribution in [0.2, 0.25) is 5.02 Å². The van der Waals surface area contributed by atoms with Crippen LogP contribution in [0.1, 0.15) is 5.69 Å². The van der Waals surface area contributed by atoms with Gasteiger partial charge in [-0.05, 0) is 29.8 Å². The largest absolute Gasteiger partial charge is 0.437 e. The molecule has 0 bridgehead atoms. The number of amidine groups is 1. The Kier molecular flexibility index (Phi) is 4.02. The number of para-hydroxylation sites is 1. The third-order valence-electron chi connectivity index (χ3n) is 2.07. The Bertz CT molecular complexity index is 578. The summed E-state index contributed by atoms with van der Waals surface area (Å²) in [6, 6.07) is 10.7. The van der Waals surface area contributed by atoms with Gasteiger partial charge in [0.1, 0.15) is 11.4 Å². The number of rotatable bonds is 2. The van der Waals surface area contributed by atoms with E-state index < -0.39 is 0 Å². The number of aromatic nitrogens is 1. The lowest BCUT2D eigenvalue weighted by Gasteiger charge is -2.07. The number of hydrogen-bond donors (Lipinski definition) is 2. The number of H-pyrrole nitrogens is 1. The van der Waals surface area contributed by atoms with Gasteiger partial charge in [0.05, 0.1) is 5.02 Å². The Morgan fingerprint density at radius 3 is 2.50 bits per heavy atom. The highest BCUT2D eigenvalue weighted by Gasteiger charge is 2.12. The molecule has 1 heterocycles. The van der Waals surface area contributed by atoms with E-state index in [1.54, 1.807) is 24.4 Å². The van der Waals surface area contributed by atoms with E-state index in [2.05, 4.69) is 9.98 Å². The first-order valence-corrected chi connectivity index (χ1v) is 5.81. The van der Waals surface area contributed by atoms with Gasteiger partial charge >= 0.3 is 0 Å². The van der Waals surface area contributed by atoms with Gasteiger partial charge in [0, 0.05) is 6.20 Å². The van der Waals surface area contributed by atoms with Crippen molar-refractivity contribution in [3.8, 4) is 5.75 Å². The Morgan fingerprint density at radius 2 is 1.94 bits per heavy atom. The Labute approximate surface area is 114 Å². The minimum Gasteiger partial charge on any atom is -0.437 e. The Hall–Kier alpha value is -1.78. The minimum atomic E-state index is -0.383. The highest BCUT2D eigenvalue weighted by molar-refractivity contribution is 6.64. The summed E-state index contributed by atoms with van der Waals surface area (Å²) >= 11 is 11.4. The quantitative estimate of drug-likeness (QED) is 0.493. The van der Waals surface area contributed by atoms with Gasteiger partial charge < -0.3 is 9.72 Å². The van der Waals surface area contributed by atoms with E-state index >= 15 is 0 Å². The average Bonchev–Trinajstić information content (AvgIpc) is 2.75.